The van der Waals surface area contributed by atoms with Crippen molar-refractivity contribution in [1.29, 1.82) is 0 Å². The minimum atomic E-state index is -0.826. The van der Waals surface area contributed by atoms with Crippen molar-refractivity contribution in [3.8, 4) is 0 Å². The number of carbonyl (C=O) groups is 2. The van der Waals surface area contributed by atoms with Crippen molar-refractivity contribution < 1.29 is 14.0 Å². The molecule has 1 heterocycles. The van der Waals surface area contributed by atoms with Crippen molar-refractivity contribution in [1.82, 2.24) is 0 Å². The van der Waals surface area contributed by atoms with Crippen LogP contribution in [0, 0.1) is 5.82 Å². The average Bonchev–Trinajstić information content (AvgIpc) is 2.55. The first-order valence-electron chi connectivity index (χ1n) is 7.72. The van der Waals surface area contributed by atoms with E-state index in [4.69, 9.17) is 11.6 Å². The Labute approximate surface area is 149 Å². The summed E-state index contributed by atoms with van der Waals surface area (Å²) in [5.74, 6) is -1.17. The van der Waals surface area contributed by atoms with Crippen LogP contribution in [0.25, 0.3) is 0 Å². The lowest BCUT2D eigenvalue weighted by atomic mass is 9.98. The molecule has 0 saturated heterocycles. The van der Waals surface area contributed by atoms with Gasteiger partial charge in [0, 0.05) is 5.69 Å². The van der Waals surface area contributed by atoms with Gasteiger partial charge in [0.1, 0.15) is 17.9 Å². The molecule has 2 aromatic rings. The van der Waals surface area contributed by atoms with E-state index in [0.717, 1.165) is 5.69 Å². The van der Waals surface area contributed by atoms with E-state index in [2.05, 4.69) is 10.6 Å². The fourth-order valence-corrected chi connectivity index (χ4v) is 2.91. The lowest BCUT2D eigenvalue weighted by Gasteiger charge is -2.39. The van der Waals surface area contributed by atoms with Crippen LogP contribution in [0.3, 0.4) is 0 Å². The maximum atomic E-state index is 13.2. The number of nitrogens with one attached hydrogen (secondary N) is 2. The molecule has 25 heavy (non-hydrogen) atoms. The Balaban J connectivity index is 1.82. The van der Waals surface area contributed by atoms with Gasteiger partial charge in [-0.05, 0) is 44.2 Å². The Bertz CT molecular complexity index is 854. The summed E-state index contributed by atoms with van der Waals surface area (Å²) in [6.07, 6.45) is 0. The average molecular weight is 362 g/mol. The molecule has 5 nitrogen and oxygen atoms in total. The number of halogens is 2. The first-order chi connectivity index (χ1) is 11.8. The number of anilines is 3. The summed E-state index contributed by atoms with van der Waals surface area (Å²) in [7, 11) is 0. The Morgan fingerprint density at radius 3 is 2.72 bits per heavy atom. The Hall–Kier alpha value is -2.60. The Morgan fingerprint density at radius 1 is 1.28 bits per heavy atom. The third kappa shape index (κ3) is 3.44. The highest BCUT2D eigenvalue weighted by Gasteiger charge is 2.39. The van der Waals surface area contributed by atoms with Crippen molar-refractivity contribution in [2.45, 2.75) is 19.4 Å². The zero-order chi connectivity index (χ0) is 18.2. The van der Waals surface area contributed by atoms with Crippen molar-refractivity contribution >= 4 is 40.5 Å². The molecule has 0 saturated carbocycles. The SMILES string of the molecule is CC1(C)Nc2ccccc2N(CC(=O)Nc2ccc(F)c(Cl)c2)C1=O. The number of amides is 2. The highest BCUT2D eigenvalue weighted by Crippen LogP contribution is 2.34. The number of hydrogen-bond acceptors (Lipinski definition) is 3. The number of fused-ring (bicyclic) bond motifs is 1. The minimum absolute atomic E-state index is 0.0810. The second kappa shape index (κ2) is 6.37. The highest BCUT2D eigenvalue weighted by molar-refractivity contribution is 6.31. The van der Waals surface area contributed by atoms with Gasteiger partial charge in [0.15, 0.2) is 0 Å². The molecule has 0 fully saturated rings. The van der Waals surface area contributed by atoms with Gasteiger partial charge in [-0.2, -0.15) is 0 Å². The summed E-state index contributed by atoms with van der Waals surface area (Å²) in [6, 6.07) is 11.2. The van der Waals surface area contributed by atoms with Crippen LogP contribution in [0.15, 0.2) is 42.5 Å². The van der Waals surface area contributed by atoms with Crippen LogP contribution in [-0.4, -0.2) is 23.9 Å². The molecule has 0 spiro atoms. The quantitative estimate of drug-likeness (QED) is 0.877. The first kappa shape index (κ1) is 17.2. The third-order valence-electron chi connectivity index (χ3n) is 3.93. The van der Waals surface area contributed by atoms with E-state index in [1.807, 2.05) is 12.1 Å². The molecule has 0 aromatic heterocycles. The van der Waals surface area contributed by atoms with E-state index >= 15 is 0 Å². The van der Waals surface area contributed by atoms with E-state index in [9.17, 15) is 14.0 Å². The summed E-state index contributed by atoms with van der Waals surface area (Å²) in [5, 5.41) is 5.72. The molecule has 2 N–H and O–H groups in total. The van der Waals surface area contributed by atoms with Gasteiger partial charge in [0.05, 0.1) is 16.4 Å². The number of rotatable bonds is 3. The number of para-hydroxylation sites is 2. The van der Waals surface area contributed by atoms with Crippen LogP contribution < -0.4 is 15.5 Å². The van der Waals surface area contributed by atoms with Gasteiger partial charge in [-0.1, -0.05) is 23.7 Å². The normalized spacial score (nSPS) is 15.4. The van der Waals surface area contributed by atoms with Gasteiger partial charge in [0.25, 0.3) is 5.91 Å². The number of nitrogens with zero attached hydrogens (tertiary/aromatic N) is 1. The molecular formula is C18H17ClFN3O2. The van der Waals surface area contributed by atoms with E-state index in [1.165, 1.54) is 23.1 Å². The van der Waals surface area contributed by atoms with E-state index in [-0.39, 0.29) is 17.5 Å². The summed E-state index contributed by atoms with van der Waals surface area (Å²) in [5.41, 5.74) is 0.962. The summed E-state index contributed by atoms with van der Waals surface area (Å²) >= 11 is 5.72. The van der Waals surface area contributed by atoms with Gasteiger partial charge < -0.3 is 10.6 Å². The number of benzene rings is 2. The van der Waals surface area contributed by atoms with Crippen molar-refractivity contribution in [3.05, 3.63) is 53.3 Å². The molecule has 0 bridgehead atoms. The Morgan fingerprint density at radius 2 is 2.00 bits per heavy atom. The largest absolute Gasteiger partial charge is 0.370 e. The summed E-state index contributed by atoms with van der Waals surface area (Å²) in [4.78, 5) is 26.5. The topological polar surface area (TPSA) is 61.4 Å². The Kier molecular flexibility index (Phi) is 4.39. The van der Waals surface area contributed by atoms with Gasteiger partial charge in [-0.25, -0.2) is 4.39 Å². The van der Waals surface area contributed by atoms with Crippen LogP contribution in [0.5, 0.6) is 0 Å². The minimum Gasteiger partial charge on any atom is -0.370 e. The van der Waals surface area contributed by atoms with Crippen LogP contribution >= 0.6 is 11.6 Å². The van der Waals surface area contributed by atoms with Crippen molar-refractivity contribution in [2.24, 2.45) is 0 Å². The molecule has 130 valence electrons. The molecule has 0 atom stereocenters. The van der Waals surface area contributed by atoms with Crippen molar-refractivity contribution in [2.75, 3.05) is 22.1 Å². The number of hydrogen-bond donors (Lipinski definition) is 2. The predicted molar refractivity (Wildman–Crippen MR) is 96.5 cm³/mol. The highest BCUT2D eigenvalue weighted by atomic mass is 35.5. The monoisotopic (exact) mass is 361 g/mol. The predicted octanol–water partition coefficient (Wildman–Crippen LogP) is 3.65. The van der Waals surface area contributed by atoms with E-state index < -0.39 is 17.3 Å². The third-order valence-corrected chi connectivity index (χ3v) is 4.22. The van der Waals surface area contributed by atoms with Gasteiger partial charge in [0.2, 0.25) is 5.91 Å². The molecule has 1 aliphatic heterocycles. The first-order valence-corrected chi connectivity index (χ1v) is 8.10. The zero-order valence-electron chi connectivity index (χ0n) is 13.8. The van der Waals surface area contributed by atoms with Crippen LogP contribution in [0.2, 0.25) is 5.02 Å². The molecule has 0 radical (unpaired) electrons. The molecule has 0 aliphatic carbocycles. The zero-order valence-corrected chi connectivity index (χ0v) is 14.5. The summed E-state index contributed by atoms with van der Waals surface area (Å²) in [6.45, 7) is 3.36. The second-order valence-corrected chi connectivity index (χ2v) is 6.74. The molecule has 1 aliphatic rings. The maximum Gasteiger partial charge on any atom is 0.252 e. The van der Waals surface area contributed by atoms with E-state index in [0.29, 0.717) is 11.4 Å². The van der Waals surface area contributed by atoms with Gasteiger partial charge >= 0.3 is 0 Å². The molecular weight excluding hydrogens is 345 g/mol. The van der Waals surface area contributed by atoms with Crippen molar-refractivity contribution in [3.63, 3.8) is 0 Å². The molecule has 7 heteroatoms. The molecule has 2 amide bonds. The van der Waals surface area contributed by atoms with Crippen LogP contribution in [0.4, 0.5) is 21.5 Å². The maximum absolute atomic E-state index is 13.2. The fourth-order valence-electron chi connectivity index (χ4n) is 2.73. The molecule has 0 unspecified atom stereocenters. The molecule has 3 rings (SSSR count). The molecule has 2 aromatic carbocycles. The van der Waals surface area contributed by atoms with Gasteiger partial charge in [-0.3, -0.25) is 14.5 Å². The van der Waals surface area contributed by atoms with E-state index in [1.54, 1.807) is 26.0 Å². The summed E-state index contributed by atoms with van der Waals surface area (Å²) < 4.78 is 13.2. The number of carbonyl (C=O) groups excluding carboxylic acids is 2. The van der Waals surface area contributed by atoms with Crippen LogP contribution in [0.1, 0.15) is 13.8 Å². The van der Waals surface area contributed by atoms with Gasteiger partial charge in [-0.15, -0.1) is 0 Å². The lowest BCUT2D eigenvalue weighted by molar-refractivity contribution is -0.124. The second-order valence-electron chi connectivity index (χ2n) is 6.34. The smallest absolute Gasteiger partial charge is 0.252 e. The standard InChI is InChI=1S/C18H17ClFN3O2/c1-18(2)17(25)23(15-6-4-3-5-14(15)22-18)10-16(24)21-11-7-8-13(20)12(19)9-11/h3-9,22H,10H2,1-2H3,(H,21,24). The van der Waals surface area contributed by atoms with Crippen LogP contribution in [-0.2, 0) is 9.59 Å². The fraction of sp³-hybridized carbons (Fsp3) is 0.222. The lowest BCUT2D eigenvalue weighted by Crippen LogP contribution is -2.55.